The van der Waals surface area contributed by atoms with Gasteiger partial charge in [-0.3, -0.25) is 29.0 Å². The summed E-state index contributed by atoms with van der Waals surface area (Å²) in [4.78, 5) is 57.0. The molecule has 20 nitrogen and oxygen atoms in total. The molecule has 25 heteroatoms. The zero-order valence-electron chi connectivity index (χ0n) is 33.6. The van der Waals surface area contributed by atoms with Gasteiger partial charge in [0, 0.05) is 17.9 Å². The number of ether oxygens (including phenoxy) is 1. The van der Waals surface area contributed by atoms with Crippen LogP contribution in [0.3, 0.4) is 0 Å². The molecule has 2 aliphatic heterocycles. The van der Waals surface area contributed by atoms with Crippen LogP contribution in [0.1, 0.15) is 65.7 Å². The van der Waals surface area contributed by atoms with Crippen molar-refractivity contribution in [2.45, 2.75) is 109 Å². The normalized spacial score (nSPS) is 30.4. The van der Waals surface area contributed by atoms with Crippen LogP contribution in [0.2, 0.25) is 18.1 Å². The van der Waals surface area contributed by atoms with Crippen LogP contribution < -0.4 is 16.2 Å². The zero-order chi connectivity index (χ0) is 42.9. The first-order valence-corrected chi connectivity index (χ1v) is 27.0. The van der Waals surface area contributed by atoms with Crippen molar-refractivity contribution < 1.29 is 41.5 Å². The molecule has 6 rings (SSSR count). The highest BCUT2D eigenvalue weighted by Gasteiger charge is 2.55. The molecule has 0 radical (unpaired) electrons. The minimum atomic E-state index is -3.99. The van der Waals surface area contributed by atoms with Gasteiger partial charge in [0.1, 0.15) is 42.1 Å². The number of aromatic nitrogens is 6. The maximum atomic E-state index is 13.3. The maximum absolute atomic E-state index is 13.3. The lowest BCUT2D eigenvalue weighted by Gasteiger charge is -2.41. The maximum Gasteiger partial charge on any atom is 0.327 e. The number of nitrogens with zero attached hydrogens (tertiary/aromatic N) is 7. The van der Waals surface area contributed by atoms with Gasteiger partial charge in [-0.1, -0.05) is 34.6 Å². The Balaban J connectivity index is 1.42. The van der Waals surface area contributed by atoms with Crippen molar-refractivity contribution in [3.05, 3.63) is 34.8 Å². The number of fused-ring (bicyclic) bond motifs is 4. The first-order valence-electron chi connectivity index (χ1n) is 18.9. The van der Waals surface area contributed by atoms with Crippen molar-refractivity contribution in [3.63, 3.8) is 0 Å². The standard InChI is InChI=1S/C34H48N10O10P2S2Si/c1-19(2)30(45)42-33-41-29-25(31(46)43-33)39-18-44(29)32-27-26(54-59(6,7)34(3,4)5)24(51-32)16-49-55(47,57)52-23-12-22(40-28-21(13-36)14-37-17-38-28)11-20(23)15-50-56(58,53-27)48-10-8-9-35/h14,17-20,22-24,26-27,32H,8,10-12,15-16H2,1-7H3,(H,47,57)(H,37,38,40)(H2,41,42,43,45,46)/t20-,22-,23+,24-,26-,27-,32-,55?,56-/m1/s1. The fourth-order valence-electron chi connectivity index (χ4n) is 6.51. The Labute approximate surface area is 352 Å². The Morgan fingerprint density at radius 1 is 1.17 bits per heavy atom. The lowest BCUT2D eigenvalue weighted by Crippen LogP contribution is -2.50. The van der Waals surface area contributed by atoms with Crippen LogP contribution in [0, 0.1) is 34.5 Å². The molecule has 1 amide bonds. The van der Waals surface area contributed by atoms with Gasteiger partial charge in [0.25, 0.3) is 5.56 Å². The van der Waals surface area contributed by atoms with Gasteiger partial charge in [-0.25, -0.2) is 15.0 Å². The molecule has 5 heterocycles. The summed E-state index contributed by atoms with van der Waals surface area (Å²) in [6, 6.07) is 3.82. The summed E-state index contributed by atoms with van der Waals surface area (Å²) in [6.07, 6.45) is -0.170. The molecule has 0 spiro atoms. The first-order chi connectivity index (χ1) is 27.7. The number of hydrogen-bond acceptors (Lipinski definition) is 18. The second-order valence-corrected chi connectivity index (χ2v) is 26.7. The first kappa shape index (κ1) is 45.4. The summed E-state index contributed by atoms with van der Waals surface area (Å²) in [5.41, 5.74) is -0.372. The molecule has 3 aliphatic rings. The van der Waals surface area contributed by atoms with Crippen LogP contribution in [-0.2, 0) is 60.2 Å². The second kappa shape index (κ2) is 18.1. The van der Waals surface area contributed by atoms with Gasteiger partial charge in [-0.2, -0.15) is 15.5 Å². The number of hydrogen-bond donors (Lipinski definition) is 4. The molecule has 1 aliphatic carbocycles. The van der Waals surface area contributed by atoms with Crippen molar-refractivity contribution in [2.24, 2.45) is 11.8 Å². The second-order valence-electron chi connectivity index (χ2n) is 16.2. The predicted molar refractivity (Wildman–Crippen MR) is 223 cm³/mol. The SMILES string of the molecule is CC(C)C(=O)Nc1nc2c(ncn2[C@@H]2O[C@@H]3COP(O)(=S)O[C@H]4C[C@H](Nc5ncncc5C#N)C[C@@H]4CO[P@](=S)(OCCC#N)O[C@@H]2[C@@H]3O[Si](C)(C)C(C)(C)C)c(=O)[nH]1. The fourth-order valence-corrected chi connectivity index (χ4v) is 11.4. The van der Waals surface area contributed by atoms with E-state index in [0.29, 0.717) is 18.7 Å². The van der Waals surface area contributed by atoms with Crippen molar-refractivity contribution in [1.29, 1.82) is 10.5 Å². The number of rotatable bonds is 10. The molecule has 59 heavy (non-hydrogen) atoms. The third-order valence-electron chi connectivity index (χ3n) is 10.6. The number of aromatic amines is 1. The topological polar surface area (TPSA) is 263 Å². The number of imidazole rings is 1. The minimum Gasteiger partial charge on any atom is -0.408 e. The summed E-state index contributed by atoms with van der Waals surface area (Å²) in [6.45, 7) is 5.34. The van der Waals surface area contributed by atoms with E-state index in [4.69, 9.17) is 55.4 Å². The summed E-state index contributed by atoms with van der Waals surface area (Å²) < 4.78 is 46.9. The highest BCUT2D eigenvalue weighted by molar-refractivity contribution is 8.07. The Morgan fingerprint density at radius 2 is 1.93 bits per heavy atom. The van der Waals surface area contributed by atoms with Crippen molar-refractivity contribution in [2.75, 3.05) is 30.5 Å². The zero-order valence-corrected chi connectivity index (χ0v) is 38.0. The third kappa shape index (κ3) is 10.5. The minimum absolute atomic E-state index is 0.0193. The van der Waals surface area contributed by atoms with Crippen LogP contribution >= 0.6 is 13.4 Å². The molecule has 3 fully saturated rings. The molecule has 2 bridgehead atoms. The molecule has 1 unspecified atom stereocenters. The lowest BCUT2D eigenvalue weighted by atomic mass is 10.1. The van der Waals surface area contributed by atoms with Crippen LogP contribution in [0.25, 0.3) is 11.2 Å². The van der Waals surface area contributed by atoms with E-state index >= 15 is 0 Å². The van der Waals surface area contributed by atoms with Crippen molar-refractivity contribution in [1.82, 2.24) is 29.5 Å². The van der Waals surface area contributed by atoms with Gasteiger partial charge < -0.3 is 37.5 Å². The number of nitriles is 2. The fraction of sp³-hybridized carbons (Fsp3) is 0.647. The van der Waals surface area contributed by atoms with E-state index in [1.165, 1.54) is 23.4 Å². The number of carbonyl (C=O) groups excluding carboxylic acids is 1. The molecule has 4 N–H and O–H groups in total. The average Bonchev–Trinajstić information content (AvgIpc) is 3.84. The summed E-state index contributed by atoms with van der Waals surface area (Å²) in [5.74, 6) is -1.00. The highest BCUT2D eigenvalue weighted by atomic mass is 32.5. The Kier molecular flexibility index (Phi) is 13.9. The van der Waals surface area contributed by atoms with E-state index < -0.39 is 69.8 Å². The van der Waals surface area contributed by atoms with Gasteiger partial charge in [0.2, 0.25) is 11.9 Å². The number of H-pyrrole nitrogens is 1. The lowest BCUT2D eigenvalue weighted by molar-refractivity contribution is -0.118. The van der Waals surface area contributed by atoms with E-state index in [2.05, 4.69) is 68.5 Å². The number of carbonyl (C=O) groups is 1. The molecular formula is C34H48N10O10P2S2Si. The molecule has 9 atom stereocenters. The van der Waals surface area contributed by atoms with Gasteiger partial charge in [-0.05, 0) is 54.6 Å². The van der Waals surface area contributed by atoms with Crippen LogP contribution in [0.15, 0.2) is 23.6 Å². The molecule has 3 aromatic heterocycles. The molecule has 320 valence electrons. The van der Waals surface area contributed by atoms with E-state index in [9.17, 15) is 25.0 Å². The van der Waals surface area contributed by atoms with E-state index in [1.807, 2.05) is 13.1 Å². The average molecular weight is 911 g/mol. The third-order valence-corrected chi connectivity index (χ3v) is 19.0. The predicted octanol–water partition coefficient (Wildman–Crippen LogP) is 4.74. The largest absolute Gasteiger partial charge is 0.408 e. The number of nitrogens with one attached hydrogen (secondary N) is 3. The van der Waals surface area contributed by atoms with Crippen LogP contribution in [0.4, 0.5) is 11.8 Å². The molecule has 1 saturated carbocycles. The summed E-state index contributed by atoms with van der Waals surface area (Å²) in [7, 11) is -2.68. The number of amides is 1. The molecule has 3 aromatic rings. The summed E-state index contributed by atoms with van der Waals surface area (Å²) in [5, 5.41) is 24.6. The van der Waals surface area contributed by atoms with Gasteiger partial charge in [-0.15, -0.1) is 0 Å². The highest BCUT2D eigenvalue weighted by Crippen LogP contribution is 2.58. The Hall–Kier alpha value is -3.12. The summed E-state index contributed by atoms with van der Waals surface area (Å²) >= 11 is 11.7. The molecule has 2 saturated heterocycles. The molecule has 0 aromatic carbocycles. The molecular weight excluding hydrogens is 863 g/mol. The van der Waals surface area contributed by atoms with Gasteiger partial charge in [0.05, 0.1) is 50.9 Å². The van der Waals surface area contributed by atoms with Gasteiger partial charge in [0.15, 0.2) is 25.7 Å². The van der Waals surface area contributed by atoms with Crippen molar-refractivity contribution in [3.8, 4) is 12.1 Å². The van der Waals surface area contributed by atoms with Crippen LogP contribution in [0.5, 0.6) is 0 Å². The monoisotopic (exact) mass is 910 g/mol. The number of anilines is 2. The Morgan fingerprint density at radius 3 is 2.63 bits per heavy atom. The Bertz CT molecular complexity index is 2280. The van der Waals surface area contributed by atoms with E-state index in [0.717, 1.165) is 0 Å². The van der Waals surface area contributed by atoms with Crippen LogP contribution in [-0.4, -0.2) is 98.9 Å². The quantitative estimate of drug-likeness (QED) is 0.122. The van der Waals surface area contributed by atoms with E-state index in [-0.39, 0.29) is 65.9 Å². The van der Waals surface area contributed by atoms with E-state index in [1.54, 1.807) is 13.8 Å². The van der Waals surface area contributed by atoms with Gasteiger partial charge >= 0.3 is 13.4 Å². The smallest absolute Gasteiger partial charge is 0.327 e. The van der Waals surface area contributed by atoms with Crippen molar-refractivity contribution >= 4 is 74.2 Å².